The molecule has 2 fully saturated rings. The van der Waals surface area contributed by atoms with Crippen molar-refractivity contribution in [2.24, 2.45) is 5.92 Å². The van der Waals surface area contributed by atoms with E-state index in [1.165, 1.54) is 0 Å². The molecule has 6 nitrogen and oxygen atoms in total. The molecule has 0 aliphatic carbocycles. The largest absolute Gasteiger partial charge is 0.381 e. The van der Waals surface area contributed by atoms with Crippen LogP contribution >= 0.6 is 11.6 Å². The Hall–Kier alpha value is -1.79. The lowest BCUT2D eigenvalue weighted by Crippen LogP contribution is -2.47. The Morgan fingerprint density at radius 2 is 2.20 bits per heavy atom. The molecule has 1 aromatic carbocycles. The van der Waals surface area contributed by atoms with Gasteiger partial charge in [-0.2, -0.15) is 0 Å². The van der Waals surface area contributed by atoms with Crippen LogP contribution < -0.4 is 10.2 Å². The Kier molecular flexibility index (Phi) is 5.81. The predicted molar refractivity (Wildman–Crippen MR) is 96.9 cm³/mol. The zero-order valence-corrected chi connectivity index (χ0v) is 15.2. The second-order valence-electron chi connectivity index (χ2n) is 6.52. The number of ether oxygens (including phenoxy) is 1. The minimum Gasteiger partial charge on any atom is -0.381 e. The molecule has 136 valence electrons. The summed E-state index contributed by atoms with van der Waals surface area (Å²) in [6, 6.07) is 6.58. The zero-order valence-electron chi connectivity index (χ0n) is 14.4. The Bertz CT molecular complexity index is 640. The Morgan fingerprint density at radius 3 is 2.96 bits per heavy atom. The fourth-order valence-electron chi connectivity index (χ4n) is 3.39. The van der Waals surface area contributed by atoms with E-state index in [-0.39, 0.29) is 11.9 Å². The number of carbonyl (C=O) groups is 2. The molecule has 2 saturated heterocycles. The SMILES string of the molecule is CCOCC1CCN(C(=O)NC2CCN(c3cccc(Cl)c3)C2=O)C1. The lowest BCUT2D eigenvalue weighted by molar-refractivity contribution is -0.118. The normalized spacial score (nSPS) is 23.4. The van der Waals surface area contributed by atoms with E-state index in [4.69, 9.17) is 16.3 Å². The fraction of sp³-hybridized carbons (Fsp3) is 0.556. The third kappa shape index (κ3) is 4.25. The second-order valence-corrected chi connectivity index (χ2v) is 6.96. The topological polar surface area (TPSA) is 61.9 Å². The minimum absolute atomic E-state index is 0.0827. The van der Waals surface area contributed by atoms with Gasteiger partial charge in [0, 0.05) is 42.9 Å². The van der Waals surface area contributed by atoms with Gasteiger partial charge in [0.15, 0.2) is 0 Å². The monoisotopic (exact) mass is 365 g/mol. The molecule has 2 heterocycles. The van der Waals surface area contributed by atoms with Crippen molar-refractivity contribution >= 4 is 29.2 Å². The van der Waals surface area contributed by atoms with Crippen molar-refractivity contribution in [3.8, 4) is 0 Å². The van der Waals surface area contributed by atoms with Crippen molar-refractivity contribution in [2.45, 2.75) is 25.8 Å². The van der Waals surface area contributed by atoms with Crippen LogP contribution in [0.5, 0.6) is 0 Å². The van der Waals surface area contributed by atoms with Crippen molar-refractivity contribution < 1.29 is 14.3 Å². The summed E-state index contributed by atoms with van der Waals surface area (Å²) >= 11 is 6.00. The summed E-state index contributed by atoms with van der Waals surface area (Å²) in [5.41, 5.74) is 0.771. The summed E-state index contributed by atoms with van der Waals surface area (Å²) in [4.78, 5) is 28.5. The first-order chi connectivity index (χ1) is 12.1. The smallest absolute Gasteiger partial charge is 0.318 e. The summed E-state index contributed by atoms with van der Waals surface area (Å²) in [5, 5.41) is 3.48. The van der Waals surface area contributed by atoms with Gasteiger partial charge in [-0.05, 0) is 38.0 Å². The summed E-state index contributed by atoms with van der Waals surface area (Å²) in [6.45, 7) is 5.32. The number of hydrogen-bond donors (Lipinski definition) is 1. The molecule has 3 amide bonds. The molecule has 2 aliphatic rings. The number of rotatable bonds is 5. The first-order valence-electron chi connectivity index (χ1n) is 8.78. The van der Waals surface area contributed by atoms with Gasteiger partial charge >= 0.3 is 6.03 Å². The van der Waals surface area contributed by atoms with Crippen LogP contribution in [0.1, 0.15) is 19.8 Å². The van der Waals surface area contributed by atoms with E-state index < -0.39 is 6.04 Å². The van der Waals surface area contributed by atoms with Crippen LogP contribution in [0.2, 0.25) is 5.02 Å². The maximum absolute atomic E-state index is 12.6. The fourth-order valence-corrected chi connectivity index (χ4v) is 3.58. The van der Waals surface area contributed by atoms with Gasteiger partial charge < -0.3 is 19.9 Å². The highest BCUT2D eigenvalue weighted by Crippen LogP contribution is 2.25. The van der Waals surface area contributed by atoms with E-state index in [0.29, 0.717) is 50.2 Å². The van der Waals surface area contributed by atoms with Crippen LogP contribution in [0.3, 0.4) is 0 Å². The number of halogens is 1. The van der Waals surface area contributed by atoms with Crippen LogP contribution in [0.15, 0.2) is 24.3 Å². The molecule has 1 N–H and O–H groups in total. The van der Waals surface area contributed by atoms with Crippen molar-refractivity contribution in [1.29, 1.82) is 0 Å². The van der Waals surface area contributed by atoms with Crippen LogP contribution in [0.4, 0.5) is 10.5 Å². The average Bonchev–Trinajstić information content (AvgIpc) is 3.21. The zero-order chi connectivity index (χ0) is 17.8. The molecular formula is C18H24ClN3O3. The molecule has 1 aromatic rings. The first-order valence-corrected chi connectivity index (χ1v) is 9.16. The van der Waals surface area contributed by atoms with E-state index in [0.717, 1.165) is 12.1 Å². The third-order valence-electron chi connectivity index (χ3n) is 4.75. The molecule has 25 heavy (non-hydrogen) atoms. The van der Waals surface area contributed by atoms with Crippen molar-refractivity contribution in [3.05, 3.63) is 29.3 Å². The molecule has 2 unspecified atom stereocenters. The lowest BCUT2D eigenvalue weighted by atomic mass is 10.1. The van der Waals surface area contributed by atoms with E-state index in [2.05, 4.69) is 5.32 Å². The molecule has 0 saturated carbocycles. The van der Waals surface area contributed by atoms with Gasteiger partial charge in [-0.3, -0.25) is 4.79 Å². The number of urea groups is 1. The first kappa shape index (κ1) is 18.0. The van der Waals surface area contributed by atoms with Crippen molar-refractivity contribution in [3.63, 3.8) is 0 Å². The second kappa shape index (κ2) is 8.06. The summed E-state index contributed by atoms with van der Waals surface area (Å²) < 4.78 is 5.44. The molecule has 7 heteroatoms. The van der Waals surface area contributed by atoms with E-state index >= 15 is 0 Å². The van der Waals surface area contributed by atoms with Gasteiger partial charge in [-0.1, -0.05) is 17.7 Å². The van der Waals surface area contributed by atoms with E-state index in [1.807, 2.05) is 19.1 Å². The maximum atomic E-state index is 12.6. The van der Waals surface area contributed by atoms with Crippen LogP contribution in [0.25, 0.3) is 0 Å². The van der Waals surface area contributed by atoms with Gasteiger partial charge in [0.25, 0.3) is 0 Å². The van der Waals surface area contributed by atoms with Gasteiger partial charge in [0.1, 0.15) is 6.04 Å². The summed E-state index contributed by atoms with van der Waals surface area (Å²) in [7, 11) is 0. The molecule has 0 bridgehead atoms. The molecular weight excluding hydrogens is 342 g/mol. The van der Waals surface area contributed by atoms with Gasteiger partial charge in [-0.15, -0.1) is 0 Å². The highest BCUT2D eigenvalue weighted by molar-refractivity contribution is 6.31. The molecule has 2 atom stereocenters. The standard InChI is InChI=1S/C18H24ClN3O3/c1-2-25-12-13-6-8-21(11-13)18(24)20-16-7-9-22(17(16)23)15-5-3-4-14(19)10-15/h3-5,10,13,16H,2,6-9,11-12H2,1H3,(H,20,24). The molecule has 0 spiro atoms. The quantitative estimate of drug-likeness (QED) is 0.872. The highest BCUT2D eigenvalue weighted by atomic mass is 35.5. The van der Waals surface area contributed by atoms with E-state index in [9.17, 15) is 9.59 Å². The van der Waals surface area contributed by atoms with Gasteiger partial charge in [0.2, 0.25) is 5.91 Å². The number of anilines is 1. The Labute approximate surface area is 153 Å². The average molecular weight is 366 g/mol. The number of hydrogen-bond acceptors (Lipinski definition) is 3. The summed E-state index contributed by atoms with van der Waals surface area (Å²) in [5.74, 6) is 0.300. The van der Waals surface area contributed by atoms with Crippen molar-refractivity contribution in [2.75, 3.05) is 37.7 Å². The number of carbonyl (C=O) groups excluding carboxylic acids is 2. The number of benzene rings is 1. The number of nitrogens with zero attached hydrogens (tertiary/aromatic N) is 2. The summed E-state index contributed by atoms with van der Waals surface area (Å²) in [6.07, 6.45) is 1.55. The predicted octanol–water partition coefficient (Wildman–Crippen LogP) is 2.51. The van der Waals surface area contributed by atoms with Crippen molar-refractivity contribution in [1.82, 2.24) is 10.2 Å². The number of amides is 3. The molecule has 3 rings (SSSR count). The number of likely N-dealkylation sites (tertiary alicyclic amines) is 1. The Balaban J connectivity index is 1.54. The van der Waals surface area contributed by atoms with Gasteiger partial charge in [-0.25, -0.2) is 4.79 Å². The molecule has 0 aromatic heterocycles. The van der Waals surface area contributed by atoms with E-state index in [1.54, 1.807) is 21.9 Å². The molecule has 2 aliphatic heterocycles. The van der Waals surface area contributed by atoms with Crippen LogP contribution in [-0.2, 0) is 9.53 Å². The maximum Gasteiger partial charge on any atom is 0.318 e. The minimum atomic E-state index is -0.475. The van der Waals surface area contributed by atoms with Gasteiger partial charge in [0.05, 0.1) is 6.61 Å². The van der Waals surface area contributed by atoms with Crippen LogP contribution in [0, 0.1) is 5.92 Å². The third-order valence-corrected chi connectivity index (χ3v) is 4.99. The number of nitrogens with one attached hydrogen (secondary N) is 1. The Morgan fingerprint density at radius 1 is 1.36 bits per heavy atom. The van der Waals surface area contributed by atoms with Crippen LogP contribution in [-0.4, -0.2) is 55.7 Å². The lowest BCUT2D eigenvalue weighted by Gasteiger charge is -2.21. The molecule has 0 radical (unpaired) electrons. The highest BCUT2D eigenvalue weighted by Gasteiger charge is 2.35.